The Morgan fingerprint density at radius 1 is 1.36 bits per heavy atom. The molecule has 0 aliphatic carbocycles. The Morgan fingerprint density at radius 2 is 2.08 bits per heavy atom. The number of amides is 3. The largest absolute Gasteiger partial charge is 0.495 e. The number of anilines is 1. The summed E-state index contributed by atoms with van der Waals surface area (Å²) in [7, 11) is -2.40. The number of methoxy groups -OCH3 is 1. The highest BCUT2D eigenvalue weighted by molar-refractivity contribution is 7.89. The fourth-order valence-corrected chi connectivity index (χ4v) is 4.64. The van der Waals surface area contributed by atoms with Gasteiger partial charge in [-0.1, -0.05) is 0 Å². The molecule has 0 saturated carbocycles. The average molecular weight is 368 g/mol. The van der Waals surface area contributed by atoms with E-state index in [0.717, 1.165) is 0 Å². The molecule has 2 aliphatic heterocycles. The standard InChI is InChI=1S/C15H20N4O5S/c1-10(20)17-11-3-4-13(24-2)14(7-11)25(22,23)18-8-12(9-18)19-6-5-16-15(19)21/h3-4,7,12H,5-6,8-9H2,1-2H3,(H,16,21)(H,17,20). The van der Waals surface area contributed by atoms with Crippen molar-refractivity contribution in [1.82, 2.24) is 14.5 Å². The monoisotopic (exact) mass is 368 g/mol. The first-order chi connectivity index (χ1) is 11.8. The molecule has 0 atom stereocenters. The fraction of sp³-hybridized carbons (Fsp3) is 0.467. The number of carbonyl (C=O) groups is 2. The zero-order valence-corrected chi connectivity index (χ0v) is 14.8. The minimum Gasteiger partial charge on any atom is -0.495 e. The molecule has 2 N–H and O–H groups in total. The molecule has 136 valence electrons. The van der Waals surface area contributed by atoms with Gasteiger partial charge in [-0.05, 0) is 18.2 Å². The van der Waals surface area contributed by atoms with Gasteiger partial charge in [-0.2, -0.15) is 4.31 Å². The lowest BCUT2D eigenvalue weighted by Gasteiger charge is -2.42. The van der Waals surface area contributed by atoms with Crippen LogP contribution in [0.4, 0.5) is 10.5 Å². The Kier molecular flexibility index (Phi) is 4.56. The van der Waals surface area contributed by atoms with Gasteiger partial charge in [0.15, 0.2) is 0 Å². The molecule has 2 heterocycles. The van der Waals surface area contributed by atoms with Crippen molar-refractivity contribution in [1.29, 1.82) is 0 Å². The van der Waals surface area contributed by atoms with Crippen molar-refractivity contribution in [2.24, 2.45) is 0 Å². The third-order valence-corrected chi connectivity index (χ3v) is 6.11. The molecule has 10 heteroatoms. The number of sulfonamides is 1. The van der Waals surface area contributed by atoms with Crippen LogP contribution in [0.3, 0.4) is 0 Å². The number of ether oxygens (including phenoxy) is 1. The number of urea groups is 1. The van der Waals surface area contributed by atoms with Gasteiger partial charge in [0.1, 0.15) is 10.6 Å². The Bertz CT molecular complexity index is 804. The highest BCUT2D eigenvalue weighted by Gasteiger charge is 2.43. The number of hydrogen-bond acceptors (Lipinski definition) is 5. The van der Waals surface area contributed by atoms with E-state index in [0.29, 0.717) is 18.8 Å². The Hall–Kier alpha value is -2.33. The summed E-state index contributed by atoms with van der Waals surface area (Å²) in [5.41, 5.74) is 0.378. The number of carbonyl (C=O) groups excluding carboxylic acids is 2. The zero-order valence-electron chi connectivity index (χ0n) is 14.0. The Balaban J connectivity index is 1.80. The van der Waals surface area contributed by atoms with E-state index in [1.807, 2.05) is 0 Å². The highest BCUT2D eigenvalue weighted by Crippen LogP contribution is 2.32. The Labute approximate surface area is 146 Å². The lowest BCUT2D eigenvalue weighted by atomic mass is 10.1. The molecule has 0 unspecified atom stereocenters. The second kappa shape index (κ2) is 6.52. The van der Waals surface area contributed by atoms with Crippen molar-refractivity contribution in [3.05, 3.63) is 18.2 Å². The maximum atomic E-state index is 12.9. The van der Waals surface area contributed by atoms with E-state index in [1.165, 1.54) is 30.5 Å². The van der Waals surface area contributed by atoms with Crippen molar-refractivity contribution >= 4 is 27.6 Å². The minimum atomic E-state index is -3.78. The van der Waals surface area contributed by atoms with Gasteiger partial charge in [0.25, 0.3) is 0 Å². The maximum absolute atomic E-state index is 12.9. The van der Waals surface area contributed by atoms with Crippen LogP contribution in [0.15, 0.2) is 23.1 Å². The van der Waals surface area contributed by atoms with E-state index >= 15 is 0 Å². The molecule has 3 amide bonds. The third kappa shape index (κ3) is 3.27. The number of benzene rings is 1. The predicted octanol–water partition coefficient (Wildman–Crippen LogP) is 0.0517. The molecule has 9 nitrogen and oxygen atoms in total. The number of rotatable bonds is 5. The van der Waals surface area contributed by atoms with E-state index < -0.39 is 10.0 Å². The highest BCUT2D eigenvalue weighted by atomic mass is 32.2. The molecule has 2 fully saturated rings. The molecular formula is C15H20N4O5S. The molecule has 25 heavy (non-hydrogen) atoms. The average Bonchev–Trinajstić information content (AvgIpc) is 2.91. The topological polar surface area (TPSA) is 108 Å². The quantitative estimate of drug-likeness (QED) is 0.764. The van der Waals surface area contributed by atoms with Crippen molar-refractivity contribution < 1.29 is 22.7 Å². The van der Waals surface area contributed by atoms with E-state index in [-0.39, 0.29) is 41.7 Å². The summed E-state index contributed by atoms with van der Waals surface area (Å²) in [6.07, 6.45) is 0. The second-order valence-electron chi connectivity index (χ2n) is 5.95. The SMILES string of the molecule is COc1ccc(NC(C)=O)cc1S(=O)(=O)N1CC(N2CCNC2=O)C1. The summed E-state index contributed by atoms with van der Waals surface area (Å²) < 4.78 is 32.2. The number of nitrogens with one attached hydrogen (secondary N) is 2. The number of hydrogen-bond donors (Lipinski definition) is 2. The molecule has 0 radical (unpaired) electrons. The third-order valence-electron chi connectivity index (χ3n) is 4.26. The van der Waals surface area contributed by atoms with Gasteiger partial charge in [-0.3, -0.25) is 4.79 Å². The van der Waals surface area contributed by atoms with Crippen LogP contribution in [-0.2, 0) is 14.8 Å². The van der Waals surface area contributed by atoms with E-state index in [2.05, 4.69) is 10.6 Å². The zero-order chi connectivity index (χ0) is 18.2. The molecule has 0 spiro atoms. The Morgan fingerprint density at radius 3 is 2.64 bits per heavy atom. The fourth-order valence-electron chi connectivity index (χ4n) is 2.94. The van der Waals surface area contributed by atoms with Crippen LogP contribution in [0, 0.1) is 0 Å². The van der Waals surface area contributed by atoms with Crippen LogP contribution in [0.25, 0.3) is 0 Å². The molecule has 2 aliphatic rings. The number of nitrogens with zero attached hydrogens (tertiary/aromatic N) is 2. The van der Waals surface area contributed by atoms with Gasteiger partial charge >= 0.3 is 6.03 Å². The molecule has 3 rings (SSSR count). The molecular weight excluding hydrogens is 348 g/mol. The van der Waals surface area contributed by atoms with Gasteiger partial charge in [-0.25, -0.2) is 13.2 Å². The van der Waals surface area contributed by atoms with E-state index in [1.54, 1.807) is 11.0 Å². The molecule has 0 bridgehead atoms. The maximum Gasteiger partial charge on any atom is 0.317 e. The first kappa shape index (κ1) is 17.5. The molecule has 1 aromatic carbocycles. The normalized spacial score (nSPS) is 18.6. The summed E-state index contributed by atoms with van der Waals surface area (Å²) >= 11 is 0. The van der Waals surface area contributed by atoms with Crippen LogP contribution in [-0.4, -0.2) is 68.9 Å². The van der Waals surface area contributed by atoms with Crippen LogP contribution in [0.5, 0.6) is 5.75 Å². The smallest absolute Gasteiger partial charge is 0.317 e. The van der Waals surface area contributed by atoms with E-state index in [4.69, 9.17) is 4.74 Å². The molecule has 2 saturated heterocycles. The van der Waals surface area contributed by atoms with Crippen LogP contribution < -0.4 is 15.4 Å². The summed E-state index contributed by atoms with van der Waals surface area (Å²) in [6.45, 7) is 2.99. The van der Waals surface area contributed by atoms with Gasteiger partial charge in [-0.15, -0.1) is 0 Å². The molecule has 0 aromatic heterocycles. The van der Waals surface area contributed by atoms with Crippen molar-refractivity contribution in [2.75, 3.05) is 38.6 Å². The van der Waals surface area contributed by atoms with Crippen molar-refractivity contribution in [3.63, 3.8) is 0 Å². The predicted molar refractivity (Wildman–Crippen MR) is 89.9 cm³/mol. The van der Waals surface area contributed by atoms with E-state index in [9.17, 15) is 18.0 Å². The van der Waals surface area contributed by atoms with Crippen molar-refractivity contribution in [2.45, 2.75) is 17.9 Å². The van der Waals surface area contributed by atoms with Gasteiger partial charge < -0.3 is 20.3 Å². The van der Waals surface area contributed by atoms with Gasteiger partial charge in [0.05, 0.1) is 13.2 Å². The summed E-state index contributed by atoms with van der Waals surface area (Å²) in [5.74, 6) is -0.0888. The summed E-state index contributed by atoms with van der Waals surface area (Å²) in [5, 5.41) is 5.27. The lowest BCUT2D eigenvalue weighted by Crippen LogP contribution is -2.61. The van der Waals surface area contributed by atoms with Gasteiger partial charge in [0, 0.05) is 38.8 Å². The molecule has 1 aromatic rings. The summed E-state index contributed by atoms with van der Waals surface area (Å²) in [6, 6.07) is 4.18. The van der Waals surface area contributed by atoms with Crippen LogP contribution >= 0.6 is 0 Å². The van der Waals surface area contributed by atoms with Crippen LogP contribution in [0.1, 0.15) is 6.92 Å². The van der Waals surface area contributed by atoms with Crippen LogP contribution in [0.2, 0.25) is 0 Å². The van der Waals surface area contributed by atoms with Crippen molar-refractivity contribution in [3.8, 4) is 5.75 Å². The van der Waals surface area contributed by atoms with Gasteiger partial charge in [0.2, 0.25) is 15.9 Å². The lowest BCUT2D eigenvalue weighted by molar-refractivity contribution is -0.114. The first-order valence-corrected chi connectivity index (χ1v) is 9.27. The summed E-state index contributed by atoms with van der Waals surface area (Å²) in [4.78, 5) is 24.5. The second-order valence-corrected chi connectivity index (χ2v) is 7.85. The first-order valence-electron chi connectivity index (χ1n) is 7.83. The minimum absolute atomic E-state index is 0.00873.